The number of hydrogen-bond acceptors (Lipinski definition) is 3. The van der Waals surface area contributed by atoms with Crippen LogP contribution in [0.3, 0.4) is 0 Å². The highest BCUT2D eigenvalue weighted by Gasteiger charge is 2.26. The van der Waals surface area contributed by atoms with Crippen LogP contribution in [0, 0.1) is 11.8 Å². The van der Waals surface area contributed by atoms with Crippen molar-refractivity contribution in [1.29, 1.82) is 0 Å². The SMILES string of the molecule is CC1CCN(C(CNC(=O)c2ccc3nc(C(F)F)[nH]c3c2)C(C)C)CC1. The number of imidazole rings is 1. The van der Waals surface area contributed by atoms with Crippen molar-refractivity contribution in [1.82, 2.24) is 20.2 Å². The molecule has 1 amide bonds. The van der Waals surface area contributed by atoms with Crippen LogP contribution in [0.2, 0.25) is 0 Å². The van der Waals surface area contributed by atoms with Crippen LogP contribution >= 0.6 is 0 Å². The van der Waals surface area contributed by atoms with Gasteiger partial charge in [0.1, 0.15) is 0 Å². The van der Waals surface area contributed by atoms with E-state index >= 15 is 0 Å². The van der Waals surface area contributed by atoms with Crippen molar-refractivity contribution in [2.75, 3.05) is 19.6 Å². The second-order valence-electron chi connectivity index (χ2n) is 7.89. The zero-order chi connectivity index (χ0) is 19.6. The first kappa shape index (κ1) is 19.7. The van der Waals surface area contributed by atoms with Gasteiger partial charge >= 0.3 is 0 Å². The molecule has 1 aromatic heterocycles. The van der Waals surface area contributed by atoms with E-state index in [1.807, 2.05) is 0 Å². The molecule has 0 radical (unpaired) electrons. The van der Waals surface area contributed by atoms with Crippen LogP contribution in [-0.4, -0.2) is 46.5 Å². The fourth-order valence-electron chi connectivity index (χ4n) is 3.72. The number of likely N-dealkylation sites (tertiary alicyclic amines) is 1. The van der Waals surface area contributed by atoms with Gasteiger partial charge in [-0.1, -0.05) is 20.8 Å². The summed E-state index contributed by atoms with van der Waals surface area (Å²) in [7, 11) is 0. The first-order valence-electron chi connectivity index (χ1n) is 9.65. The molecule has 0 spiro atoms. The minimum absolute atomic E-state index is 0.193. The summed E-state index contributed by atoms with van der Waals surface area (Å²) in [5, 5.41) is 3.02. The number of aromatic nitrogens is 2. The minimum atomic E-state index is -2.66. The van der Waals surface area contributed by atoms with Crippen molar-refractivity contribution in [3.63, 3.8) is 0 Å². The zero-order valence-electron chi connectivity index (χ0n) is 16.1. The zero-order valence-corrected chi connectivity index (χ0v) is 16.1. The number of nitrogens with one attached hydrogen (secondary N) is 2. The molecule has 27 heavy (non-hydrogen) atoms. The molecule has 1 aliphatic rings. The van der Waals surface area contributed by atoms with Crippen LogP contribution in [0.1, 0.15) is 56.2 Å². The average molecular weight is 378 g/mol. The number of fused-ring (bicyclic) bond motifs is 1. The Morgan fingerprint density at radius 3 is 2.67 bits per heavy atom. The van der Waals surface area contributed by atoms with Gasteiger partial charge in [-0.3, -0.25) is 9.69 Å². The highest BCUT2D eigenvalue weighted by molar-refractivity contribution is 5.97. The number of carbonyl (C=O) groups excluding carboxylic acids is 1. The van der Waals surface area contributed by atoms with E-state index in [0.717, 1.165) is 19.0 Å². The van der Waals surface area contributed by atoms with Gasteiger partial charge in [0.25, 0.3) is 12.3 Å². The number of aromatic amines is 1. The van der Waals surface area contributed by atoms with E-state index in [0.29, 0.717) is 35.1 Å². The Morgan fingerprint density at radius 1 is 1.33 bits per heavy atom. The van der Waals surface area contributed by atoms with Gasteiger partial charge < -0.3 is 10.3 Å². The summed E-state index contributed by atoms with van der Waals surface area (Å²) >= 11 is 0. The van der Waals surface area contributed by atoms with E-state index in [1.54, 1.807) is 18.2 Å². The molecule has 1 unspecified atom stereocenters. The second kappa shape index (κ2) is 8.33. The largest absolute Gasteiger partial charge is 0.350 e. The number of rotatable bonds is 6. The van der Waals surface area contributed by atoms with Crippen LogP contribution in [0.25, 0.3) is 11.0 Å². The number of piperidine rings is 1. The van der Waals surface area contributed by atoms with Gasteiger partial charge in [0, 0.05) is 18.2 Å². The topological polar surface area (TPSA) is 61.0 Å². The van der Waals surface area contributed by atoms with Crippen molar-refractivity contribution in [3.05, 3.63) is 29.6 Å². The van der Waals surface area contributed by atoms with Crippen molar-refractivity contribution in [2.24, 2.45) is 11.8 Å². The lowest BCUT2D eigenvalue weighted by Gasteiger charge is -2.38. The monoisotopic (exact) mass is 378 g/mol. The van der Waals surface area contributed by atoms with Crippen molar-refractivity contribution >= 4 is 16.9 Å². The summed E-state index contributed by atoms with van der Waals surface area (Å²) in [6.07, 6.45) is -0.269. The highest BCUT2D eigenvalue weighted by Crippen LogP contribution is 2.22. The average Bonchev–Trinajstić information content (AvgIpc) is 3.06. The number of nitrogens with zero attached hydrogens (tertiary/aromatic N) is 2. The fraction of sp³-hybridized carbons (Fsp3) is 0.600. The second-order valence-corrected chi connectivity index (χ2v) is 7.89. The predicted octanol–water partition coefficient (Wildman–Crippen LogP) is 3.99. The standard InChI is InChI=1S/C20H28F2N4O/c1-12(2)17(26-8-6-13(3)7-9-26)11-23-20(27)14-4-5-15-16(10-14)25-19(24-15)18(21)22/h4-5,10,12-13,17-18H,6-9,11H2,1-3H3,(H,23,27)(H,24,25). The maximum absolute atomic E-state index is 12.8. The molecule has 1 atom stereocenters. The molecule has 2 heterocycles. The number of benzene rings is 1. The summed E-state index contributed by atoms with van der Waals surface area (Å²) in [6, 6.07) is 5.10. The quantitative estimate of drug-likeness (QED) is 0.799. The van der Waals surface area contributed by atoms with Crippen LogP contribution in [0.15, 0.2) is 18.2 Å². The smallest absolute Gasteiger partial charge is 0.295 e. The summed E-state index contributed by atoms with van der Waals surface area (Å²) in [6.45, 7) is 9.35. The van der Waals surface area contributed by atoms with E-state index in [4.69, 9.17) is 0 Å². The van der Waals surface area contributed by atoms with Crippen molar-refractivity contribution < 1.29 is 13.6 Å². The Hall–Kier alpha value is -2.02. The van der Waals surface area contributed by atoms with Crippen LogP contribution in [0.5, 0.6) is 0 Å². The normalized spacial score (nSPS) is 17.7. The summed E-state index contributed by atoms with van der Waals surface area (Å²) in [5.74, 6) is 0.633. The van der Waals surface area contributed by atoms with Crippen LogP contribution in [0.4, 0.5) is 8.78 Å². The Kier molecular flexibility index (Phi) is 6.09. The maximum atomic E-state index is 12.8. The molecule has 1 fully saturated rings. The number of hydrogen-bond donors (Lipinski definition) is 2. The van der Waals surface area contributed by atoms with E-state index in [-0.39, 0.29) is 11.7 Å². The molecule has 0 saturated carbocycles. The maximum Gasteiger partial charge on any atom is 0.295 e. The van der Waals surface area contributed by atoms with Crippen LogP contribution in [-0.2, 0) is 0 Å². The van der Waals surface area contributed by atoms with Crippen molar-refractivity contribution in [2.45, 2.75) is 46.1 Å². The van der Waals surface area contributed by atoms with Gasteiger partial charge in [-0.2, -0.15) is 0 Å². The lowest BCUT2D eigenvalue weighted by molar-refractivity contribution is 0.0863. The molecule has 3 rings (SSSR count). The van der Waals surface area contributed by atoms with E-state index in [1.165, 1.54) is 12.8 Å². The summed E-state index contributed by atoms with van der Waals surface area (Å²) in [5.41, 5.74) is 1.33. The van der Waals surface area contributed by atoms with Gasteiger partial charge in [0.15, 0.2) is 5.82 Å². The Morgan fingerprint density at radius 2 is 2.04 bits per heavy atom. The Balaban J connectivity index is 1.65. The lowest BCUT2D eigenvalue weighted by atomic mass is 9.94. The van der Waals surface area contributed by atoms with E-state index in [2.05, 4.69) is 41.0 Å². The predicted molar refractivity (Wildman–Crippen MR) is 102 cm³/mol. The number of H-pyrrole nitrogens is 1. The number of halogens is 2. The Labute approximate surface area is 158 Å². The molecule has 1 saturated heterocycles. The van der Waals surface area contributed by atoms with Gasteiger partial charge in [-0.15, -0.1) is 0 Å². The van der Waals surface area contributed by atoms with Crippen LogP contribution < -0.4 is 5.32 Å². The summed E-state index contributed by atoms with van der Waals surface area (Å²) < 4.78 is 25.5. The van der Waals surface area contributed by atoms with Gasteiger partial charge in [0.2, 0.25) is 0 Å². The molecule has 0 bridgehead atoms. The molecule has 2 N–H and O–H groups in total. The van der Waals surface area contributed by atoms with Gasteiger partial charge in [0.05, 0.1) is 11.0 Å². The Bertz CT molecular complexity index is 781. The molecule has 0 aliphatic carbocycles. The third-order valence-corrected chi connectivity index (χ3v) is 5.50. The minimum Gasteiger partial charge on any atom is -0.350 e. The lowest BCUT2D eigenvalue weighted by Crippen LogP contribution is -2.49. The van der Waals surface area contributed by atoms with Gasteiger partial charge in [-0.25, -0.2) is 13.8 Å². The third kappa shape index (κ3) is 4.64. The van der Waals surface area contributed by atoms with E-state index < -0.39 is 6.43 Å². The number of amides is 1. The molecule has 5 nitrogen and oxygen atoms in total. The molecule has 2 aromatic rings. The molecular weight excluding hydrogens is 350 g/mol. The van der Waals surface area contributed by atoms with Crippen molar-refractivity contribution in [3.8, 4) is 0 Å². The number of carbonyl (C=O) groups is 1. The van der Waals surface area contributed by atoms with Gasteiger partial charge in [-0.05, 0) is 56.0 Å². The highest BCUT2D eigenvalue weighted by atomic mass is 19.3. The summed E-state index contributed by atoms with van der Waals surface area (Å²) in [4.78, 5) is 21.5. The fourth-order valence-corrected chi connectivity index (χ4v) is 3.72. The molecule has 7 heteroatoms. The van der Waals surface area contributed by atoms with E-state index in [9.17, 15) is 13.6 Å². The molecule has 1 aromatic carbocycles. The molecule has 1 aliphatic heterocycles. The first-order chi connectivity index (χ1) is 12.8. The number of alkyl halides is 2. The third-order valence-electron chi connectivity index (χ3n) is 5.50. The first-order valence-corrected chi connectivity index (χ1v) is 9.65. The molecular formula is C20H28F2N4O. The molecule has 148 valence electrons.